The molecule has 0 amide bonds. The summed E-state index contributed by atoms with van der Waals surface area (Å²) in [7, 11) is 3.09. The van der Waals surface area contributed by atoms with E-state index in [1.54, 1.807) is 7.05 Å². The van der Waals surface area contributed by atoms with Crippen molar-refractivity contribution in [2.75, 3.05) is 20.7 Å². The van der Waals surface area contributed by atoms with Crippen molar-refractivity contribution in [3.63, 3.8) is 0 Å². The Bertz CT molecular complexity index is 346. The highest BCUT2D eigenvalue weighted by Gasteiger charge is 2.16. The topological polar surface area (TPSA) is 41.5 Å². The molecule has 0 spiro atoms. The number of hydrogen-bond donors (Lipinski definition) is 2. The van der Waals surface area contributed by atoms with Crippen molar-refractivity contribution in [2.24, 2.45) is 0 Å². The first-order chi connectivity index (χ1) is 7.10. The normalized spacial score (nSPS) is 12.6. The first-order valence-electron chi connectivity index (χ1n) is 4.45. The molecule has 15 heavy (non-hydrogen) atoms. The number of aliphatic hydroxyl groups is 1. The third kappa shape index (κ3) is 2.81. The predicted molar refractivity (Wildman–Crippen MR) is 56.8 cm³/mol. The summed E-state index contributed by atoms with van der Waals surface area (Å²) in [5.41, 5.74) is 0.322. The third-order valence-corrected chi connectivity index (χ3v) is 2.41. The second-order valence-electron chi connectivity index (χ2n) is 3.08. The zero-order valence-corrected chi connectivity index (χ0v) is 9.31. The van der Waals surface area contributed by atoms with Crippen LogP contribution in [0, 0.1) is 5.82 Å². The van der Waals surface area contributed by atoms with Crippen LogP contribution in [0.25, 0.3) is 0 Å². The van der Waals surface area contributed by atoms with Gasteiger partial charge in [-0.05, 0) is 13.1 Å². The van der Waals surface area contributed by atoms with Crippen LogP contribution in [0.15, 0.2) is 12.1 Å². The maximum atomic E-state index is 13.1. The molecule has 1 rings (SSSR count). The zero-order chi connectivity index (χ0) is 11.4. The van der Waals surface area contributed by atoms with Crippen LogP contribution in [0.3, 0.4) is 0 Å². The van der Waals surface area contributed by atoms with Gasteiger partial charge in [0.15, 0.2) is 0 Å². The average molecular weight is 234 g/mol. The summed E-state index contributed by atoms with van der Waals surface area (Å²) in [5, 5.41) is 12.7. The number of ether oxygens (including phenoxy) is 1. The lowest BCUT2D eigenvalue weighted by Crippen LogP contribution is -2.17. The van der Waals surface area contributed by atoms with Gasteiger partial charge in [-0.15, -0.1) is 0 Å². The minimum atomic E-state index is -0.855. The Balaban J connectivity index is 3.11. The quantitative estimate of drug-likeness (QED) is 0.833. The lowest BCUT2D eigenvalue weighted by Gasteiger charge is -2.14. The lowest BCUT2D eigenvalue weighted by molar-refractivity contribution is 0.177. The highest BCUT2D eigenvalue weighted by Crippen LogP contribution is 2.32. The SMILES string of the molecule is CNCC(O)c1cc(F)cc(OC)c1Cl. The number of methoxy groups -OCH3 is 1. The van der Waals surface area contributed by atoms with Crippen LogP contribution in [-0.4, -0.2) is 25.8 Å². The van der Waals surface area contributed by atoms with Crippen LogP contribution < -0.4 is 10.1 Å². The summed E-state index contributed by atoms with van der Waals surface area (Å²) >= 11 is 5.93. The molecule has 0 fully saturated rings. The minimum absolute atomic E-state index is 0.224. The largest absolute Gasteiger partial charge is 0.495 e. The standard InChI is InChI=1S/C10H13ClFNO2/c1-13-5-8(14)7-3-6(12)4-9(15-2)10(7)11/h3-4,8,13-14H,5H2,1-2H3. The molecule has 3 nitrogen and oxygen atoms in total. The number of aliphatic hydroxyl groups excluding tert-OH is 1. The molecule has 2 N–H and O–H groups in total. The van der Waals surface area contributed by atoms with Gasteiger partial charge in [0.25, 0.3) is 0 Å². The summed E-state index contributed by atoms with van der Waals surface area (Å²) in [5.74, 6) is -0.261. The molecule has 0 aliphatic rings. The van der Waals surface area contributed by atoms with E-state index in [9.17, 15) is 9.50 Å². The van der Waals surface area contributed by atoms with Crippen molar-refractivity contribution >= 4 is 11.6 Å². The van der Waals surface area contributed by atoms with Gasteiger partial charge in [-0.2, -0.15) is 0 Å². The summed E-state index contributed by atoms with van der Waals surface area (Å²) in [4.78, 5) is 0. The Morgan fingerprint density at radius 3 is 2.80 bits per heavy atom. The Morgan fingerprint density at radius 2 is 2.27 bits per heavy atom. The number of benzene rings is 1. The molecule has 0 aliphatic carbocycles. The van der Waals surface area contributed by atoms with Crippen molar-refractivity contribution in [1.82, 2.24) is 5.32 Å². The molecule has 1 atom stereocenters. The maximum Gasteiger partial charge on any atom is 0.140 e. The molecule has 0 saturated heterocycles. The van der Waals surface area contributed by atoms with E-state index in [1.807, 2.05) is 0 Å². The van der Waals surface area contributed by atoms with Crippen LogP contribution in [-0.2, 0) is 0 Å². The molecule has 1 unspecified atom stereocenters. The van der Waals surface area contributed by atoms with Gasteiger partial charge >= 0.3 is 0 Å². The smallest absolute Gasteiger partial charge is 0.140 e. The molecule has 84 valence electrons. The molecule has 0 saturated carbocycles. The van der Waals surface area contributed by atoms with Crippen molar-refractivity contribution in [3.05, 3.63) is 28.5 Å². The van der Waals surface area contributed by atoms with Gasteiger partial charge in [0.1, 0.15) is 11.6 Å². The van der Waals surface area contributed by atoms with Gasteiger partial charge in [0, 0.05) is 18.2 Å². The van der Waals surface area contributed by atoms with E-state index in [2.05, 4.69) is 5.32 Å². The van der Waals surface area contributed by atoms with Crippen LogP contribution in [0.1, 0.15) is 11.7 Å². The van der Waals surface area contributed by atoms with Gasteiger partial charge in [0.05, 0.1) is 18.2 Å². The van der Waals surface area contributed by atoms with Crippen LogP contribution in [0.2, 0.25) is 5.02 Å². The molecule has 0 radical (unpaired) electrons. The molecule has 1 aromatic rings. The Labute approximate surface area is 92.8 Å². The fourth-order valence-electron chi connectivity index (χ4n) is 1.28. The van der Waals surface area contributed by atoms with Crippen molar-refractivity contribution in [2.45, 2.75) is 6.10 Å². The number of hydrogen-bond acceptors (Lipinski definition) is 3. The van der Waals surface area contributed by atoms with Crippen molar-refractivity contribution in [1.29, 1.82) is 0 Å². The zero-order valence-electron chi connectivity index (χ0n) is 8.55. The summed E-state index contributed by atoms with van der Waals surface area (Å²) in [6, 6.07) is 2.38. The molecular formula is C10H13ClFNO2. The highest BCUT2D eigenvalue weighted by atomic mass is 35.5. The van der Waals surface area contributed by atoms with E-state index in [-0.39, 0.29) is 10.8 Å². The van der Waals surface area contributed by atoms with Crippen molar-refractivity contribution < 1.29 is 14.2 Å². The molecule has 5 heteroatoms. The van der Waals surface area contributed by atoms with Crippen LogP contribution in [0.4, 0.5) is 4.39 Å². The van der Waals surface area contributed by atoms with E-state index < -0.39 is 11.9 Å². The van der Waals surface area contributed by atoms with E-state index >= 15 is 0 Å². The number of likely N-dealkylation sites (N-methyl/N-ethyl adjacent to an activating group) is 1. The highest BCUT2D eigenvalue weighted by molar-refractivity contribution is 6.32. The predicted octanol–water partition coefficient (Wildman–Crippen LogP) is 1.74. The molecule has 0 aliphatic heterocycles. The Hall–Kier alpha value is -0.840. The number of nitrogens with one attached hydrogen (secondary N) is 1. The number of halogens is 2. The summed E-state index contributed by atoms with van der Waals surface area (Å²) in [6.07, 6.45) is -0.855. The van der Waals surface area contributed by atoms with Crippen LogP contribution >= 0.6 is 11.6 Å². The van der Waals surface area contributed by atoms with Gasteiger partial charge in [0.2, 0.25) is 0 Å². The van der Waals surface area contributed by atoms with Gasteiger partial charge < -0.3 is 15.2 Å². The van der Waals surface area contributed by atoms with Gasteiger partial charge in [-0.3, -0.25) is 0 Å². The molecule has 0 bridgehead atoms. The minimum Gasteiger partial charge on any atom is -0.495 e. The van der Waals surface area contributed by atoms with E-state index in [1.165, 1.54) is 19.2 Å². The maximum absolute atomic E-state index is 13.1. The number of rotatable bonds is 4. The third-order valence-electron chi connectivity index (χ3n) is 2.01. The lowest BCUT2D eigenvalue weighted by atomic mass is 10.1. The Kier molecular flexibility index (Phi) is 4.32. The van der Waals surface area contributed by atoms with Crippen LogP contribution in [0.5, 0.6) is 5.75 Å². The fourth-order valence-corrected chi connectivity index (χ4v) is 1.59. The average Bonchev–Trinajstić information content (AvgIpc) is 2.21. The molecule has 1 aromatic carbocycles. The van der Waals surface area contributed by atoms with E-state index in [0.29, 0.717) is 12.1 Å². The molecular weight excluding hydrogens is 221 g/mol. The molecule has 0 aromatic heterocycles. The summed E-state index contributed by atoms with van der Waals surface area (Å²) < 4.78 is 18.0. The van der Waals surface area contributed by atoms with Gasteiger partial charge in [-0.1, -0.05) is 11.6 Å². The van der Waals surface area contributed by atoms with Gasteiger partial charge in [-0.25, -0.2) is 4.39 Å². The van der Waals surface area contributed by atoms with Crippen molar-refractivity contribution in [3.8, 4) is 5.75 Å². The first kappa shape index (κ1) is 12.2. The Morgan fingerprint density at radius 1 is 1.60 bits per heavy atom. The first-order valence-corrected chi connectivity index (χ1v) is 4.83. The van der Waals surface area contributed by atoms with E-state index in [4.69, 9.17) is 16.3 Å². The molecule has 0 heterocycles. The second kappa shape index (κ2) is 5.30. The monoisotopic (exact) mass is 233 g/mol. The summed E-state index contributed by atoms with van der Waals surface area (Å²) in [6.45, 7) is 0.298. The van der Waals surface area contributed by atoms with E-state index in [0.717, 1.165) is 0 Å². The second-order valence-corrected chi connectivity index (χ2v) is 3.46. The fraction of sp³-hybridized carbons (Fsp3) is 0.400.